The molecule has 1 aliphatic heterocycles. The van der Waals surface area contributed by atoms with E-state index < -0.39 is 6.09 Å². The fourth-order valence-electron chi connectivity index (χ4n) is 4.18. The largest absolute Gasteiger partial charge is 0.444 e. The van der Waals surface area contributed by atoms with Gasteiger partial charge in [0.15, 0.2) is 0 Å². The number of nitrogens with two attached hydrogens (primary N) is 1. The number of nitrogens with zero attached hydrogens (tertiary/aromatic N) is 1. The molecule has 1 aromatic heterocycles. The molecule has 2 aromatic carbocycles. The van der Waals surface area contributed by atoms with Crippen LogP contribution in [-0.4, -0.2) is 18.0 Å². The molecule has 0 saturated carbocycles. The van der Waals surface area contributed by atoms with Crippen molar-refractivity contribution in [1.29, 1.82) is 0 Å². The maximum atomic E-state index is 12.5. The zero-order chi connectivity index (χ0) is 22.7. The third kappa shape index (κ3) is 4.62. The van der Waals surface area contributed by atoms with Gasteiger partial charge in [-0.3, -0.25) is 4.79 Å². The van der Waals surface area contributed by atoms with Gasteiger partial charge in [0.1, 0.15) is 6.61 Å². The number of carbonyl (C=O) groups excluding carboxylic acids is 2. The highest BCUT2D eigenvalue weighted by Gasteiger charge is 2.32. The molecule has 2 heterocycles. The van der Waals surface area contributed by atoms with E-state index in [1.807, 2.05) is 42.2 Å². The number of hydrogen-bond donors (Lipinski definition) is 2. The quantitative estimate of drug-likeness (QED) is 0.506. The van der Waals surface area contributed by atoms with Crippen LogP contribution in [-0.2, 0) is 16.1 Å². The highest BCUT2D eigenvalue weighted by molar-refractivity contribution is 7.15. The number of benzene rings is 2. The molecule has 4 rings (SSSR count). The molecular weight excluding hydrogens is 422 g/mol. The number of primary amides is 1. The summed E-state index contributed by atoms with van der Waals surface area (Å²) in [4.78, 5) is 27.3. The molecule has 0 bridgehead atoms. The van der Waals surface area contributed by atoms with Crippen LogP contribution in [0, 0.1) is 0 Å². The summed E-state index contributed by atoms with van der Waals surface area (Å²) in [5, 5.41) is 3.66. The van der Waals surface area contributed by atoms with Gasteiger partial charge in [-0.25, -0.2) is 4.79 Å². The van der Waals surface area contributed by atoms with Crippen molar-refractivity contribution in [3.63, 3.8) is 0 Å². The van der Waals surface area contributed by atoms with Crippen LogP contribution in [0.3, 0.4) is 0 Å². The van der Waals surface area contributed by atoms with Gasteiger partial charge < -0.3 is 20.7 Å². The number of nitrogens with one attached hydrogen (secondary N) is 1. The van der Waals surface area contributed by atoms with Crippen molar-refractivity contribution in [1.82, 2.24) is 0 Å². The van der Waals surface area contributed by atoms with E-state index in [9.17, 15) is 9.59 Å². The van der Waals surface area contributed by atoms with Crippen molar-refractivity contribution in [3.8, 4) is 10.4 Å². The van der Waals surface area contributed by atoms with Crippen molar-refractivity contribution in [3.05, 3.63) is 71.1 Å². The molecular formula is C25H27N3O3S. The molecule has 32 heavy (non-hydrogen) atoms. The maximum absolute atomic E-state index is 12.5. The van der Waals surface area contributed by atoms with Crippen molar-refractivity contribution in [2.45, 2.75) is 45.4 Å². The standard InChI is InChI=1S/C25H27N3O3S/c1-3-24(29)28-16(2)14-21(20-6-4-5-7-22(20)28)27-18-10-8-17(9-11-18)23-13-12-19(32-23)15-31-25(26)30/h4-13,16,21,27H,3,14-15H2,1-2H3,(H2,26,30)/t16-,21+/m0/s1. The van der Waals surface area contributed by atoms with E-state index in [2.05, 4.69) is 42.6 Å². The molecule has 0 unspecified atom stereocenters. The van der Waals surface area contributed by atoms with Gasteiger partial charge in [-0.15, -0.1) is 11.3 Å². The number of rotatable bonds is 6. The minimum atomic E-state index is -0.767. The van der Waals surface area contributed by atoms with Crippen LogP contribution in [0.5, 0.6) is 0 Å². The minimum Gasteiger partial charge on any atom is -0.444 e. The van der Waals surface area contributed by atoms with Crippen molar-refractivity contribution in [2.75, 3.05) is 10.2 Å². The molecule has 2 amide bonds. The molecule has 3 N–H and O–H groups in total. The zero-order valence-corrected chi connectivity index (χ0v) is 19.0. The summed E-state index contributed by atoms with van der Waals surface area (Å²) in [6.45, 7) is 4.21. The SMILES string of the molecule is CCC(=O)N1c2ccccc2[C@H](Nc2ccc(-c3ccc(COC(N)=O)s3)cc2)C[C@@H]1C. The van der Waals surface area contributed by atoms with E-state index in [1.165, 1.54) is 0 Å². The lowest BCUT2D eigenvalue weighted by molar-refractivity contribution is -0.118. The van der Waals surface area contributed by atoms with Gasteiger partial charge in [0, 0.05) is 33.6 Å². The van der Waals surface area contributed by atoms with Gasteiger partial charge in [0.25, 0.3) is 0 Å². The fourth-order valence-corrected chi connectivity index (χ4v) is 5.11. The third-order valence-electron chi connectivity index (χ3n) is 5.69. The van der Waals surface area contributed by atoms with Crippen LogP contribution < -0.4 is 16.0 Å². The molecule has 1 aliphatic rings. The predicted octanol–water partition coefficient (Wildman–Crippen LogP) is 5.70. The molecule has 2 atom stereocenters. The minimum absolute atomic E-state index is 0.126. The van der Waals surface area contributed by atoms with Crippen LogP contribution in [0.25, 0.3) is 10.4 Å². The number of amides is 2. The highest BCUT2D eigenvalue weighted by atomic mass is 32.1. The van der Waals surface area contributed by atoms with Gasteiger partial charge in [-0.1, -0.05) is 37.3 Å². The summed E-state index contributed by atoms with van der Waals surface area (Å²) in [6, 6.07) is 20.7. The fraction of sp³-hybridized carbons (Fsp3) is 0.280. The Bertz CT molecular complexity index is 1110. The van der Waals surface area contributed by atoms with E-state index >= 15 is 0 Å². The first-order valence-electron chi connectivity index (χ1n) is 10.7. The highest BCUT2D eigenvalue weighted by Crippen LogP contribution is 2.39. The normalized spacial score (nSPS) is 17.5. The summed E-state index contributed by atoms with van der Waals surface area (Å²) in [6.07, 6.45) is 0.576. The summed E-state index contributed by atoms with van der Waals surface area (Å²) >= 11 is 1.57. The number of thiophene rings is 1. The van der Waals surface area contributed by atoms with E-state index in [-0.39, 0.29) is 24.6 Å². The molecule has 0 aliphatic carbocycles. The van der Waals surface area contributed by atoms with Crippen LogP contribution in [0.1, 0.15) is 43.2 Å². The molecule has 166 valence electrons. The first-order chi connectivity index (χ1) is 15.5. The second-order valence-corrected chi connectivity index (χ2v) is 9.08. The van der Waals surface area contributed by atoms with Crippen molar-refractivity contribution >= 4 is 34.7 Å². The van der Waals surface area contributed by atoms with Gasteiger partial charge in [0.2, 0.25) is 5.91 Å². The van der Waals surface area contributed by atoms with E-state index in [1.54, 1.807) is 11.3 Å². The van der Waals surface area contributed by atoms with E-state index in [4.69, 9.17) is 10.5 Å². The average Bonchev–Trinajstić information content (AvgIpc) is 3.27. The molecule has 0 radical (unpaired) electrons. The number of hydrogen-bond acceptors (Lipinski definition) is 5. The summed E-state index contributed by atoms with van der Waals surface area (Å²) < 4.78 is 4.86. The number of anilines is 2. The molecule has 0 spiro atoms. The van der Waals surface area contributed by atoms with Crippen LogP contribution in [0.2, 0.25) is 0 Å². The third-order valence-corrected chi connectivity index (χ3v) is 6.80. The number of ether oxygens (including phenoxy) is 1. The Kier molecular flexibility index (Phi) is 6.46. The topological polar surface area (TPSA) is 84.7 Å². The lowest BCUT2D eigenvalue weighted by Gasteiger charge is -2.40. The monoisotopic (exact) mass is 449 g/mol. The van der Waals surface area contributed by atoms with Crippen LogP contribution >= 0.6 is 11.3 Å². The van der Waals surface area contributed by atoms with Crippen molar-refractivity contribution in [2.24, 2.45) is 5.73 Å². The summed E-state index contributed by atoms with van der Waals surface area (Å²) in [5.74, 6) is 0.157. The van der Waals surface area contributed by atoms with Crippen LogP contribution in [0.4, 0.5) is 16.2 Å². The number of fused-ring (bicyclic) bond motifs is 1. The second kappa shape index (κ2) is 9.44. The van der Waals surface area contributed by atoms with Gasteiger partial charge in [-0.2, -0.15) is 0 Å². The Morgan fingerprint density at radius 3 is 2.59 bits per heavy atom. The Hall–Kier alpha value is -3.32. The molecule has 3 aromatic rings. The average molecular weight is 450 g/mol. The Morgan fingerprint density at radius 1 is 1.12 bits per heavy atom. The lowest BCUT2D eigenvalue weighted by atomic mass is 9.91. The Balaban J connectivity index is 1.50. The first-order valence-corrected chi connectivity index (χ1v) is 11.6. The molecule has 6 nitrogen and oxygen atoms in total. The lowest BCUT2D eigenvalue weighted by Crippen LogP contribution is -2.44. The van der Waals surface area contributed by atoms with E-state index in [0.717, 1.165) is 38.7 Å². The maximum Gasteiger partial charge on any atom is 0.404 e. The van der Waals surface area contributed by atoms with Crippen LogP contribution in [0.15, 0.2) is 60.7 Å². The van der Waals surface area contributed by atoms with Gasteiger partial charge in [-0.05, 0) is 54.8 Å². The number of para-hydroxylation sites is 1. The smallest absolute Gasteiger partial charge is 0.404 e. The van der Waals surface area contributed by atoms with Crippen molar-refractivity contribution < 1.29 is 14.3 Å². The van der Waals surface area contributed by atoms with E-state index in [0.29, 0.717) is 6.42 Å². The molecule has 0 saturated heterocycles. The molecule has 7 heteroatoms. The summed E-state index contributed by atoms with van der Waals surface area (Å²) in [5.41, 5.74) is 9.31. The second-order valence-electron chi connectivity index (χ2n) is 7.91. The zero-order valence-electron chi connectivity index (χ0n) is 18.2. The van der Waals surface area contributed by atoms with Gasteiger partial charge >= 0.3 is 6.09 Å². The summed E-state index contributed by atoms with van der Waals surface area (Å²) in [7, 11) is 0. The first kappa shape index (κ1) is 21.9. The Morgan fingerprint density at radius 2 is 1.88 bits per heavy atom. The number of carbonyl (C=O) groups is 2. The molecule has 0 fully saturated rings. The predicted molar refractivity (Wildman–Crippen MR) is 129 cm³/mol. The van der Waals surface area contributed by atoms with Gasteiger partial charge in [0.05, 0.1) is 6.04 Å². The Labute approximate surface area is 192 Å².